The van der Waals surface area contributed by atoms with Crippen molar-refractivity contribution in [2.24, 2.45) is 5.41 Å². The van der Waals surface area contributed by atoms with E-state index in [1.807, 2.05) is 17.6 Å². The zero-order valence-electron chi connectivity index (χ0n) is 14.2. The standard InChI is InChI=1S/C15H17F6N5/c1-8(14(16,17)18)22-11-24-10(4-5-13(3)6-7-13)25-12(26-11)23-9(2)15(19,20)21/h8-9H,6-7H2,1-3H3,(H2,22,23,24,25,26)/t8-,9-/m1/s1. The molecule has 2 rings (SSSR count). The van der Waals surface area contributed by atoms with Gasteiger partial charge in [0, 0.05) is 5.41 Å². The Kier molecular flexibility index (Phi) is 5.26. The van der Waals surface area contributed by atoms with Crippen LogP contribution in [0.1, 0.15) is 39.4 Å². The van der Waals surface area contributed by atoms with Crippen LogP contribution >= 0.6 is 0 Å². The first kappa shape index (κ1) is 20.1. The number of alkyl halides is 6. The third kappa shape index (κ3) is 5.64. The molecule has 11 heteroatoms. The maximum absolute atomic E-state index is 12.7. The van der Waals surface area contributed by atoms with Gasteiger partial charge in [-0.3, -0.25) is 0 Å². The van der Waals surface area contributed by atoms with Crippen molar-refractivity contribution in [1.29, 1.82) is 0 Å². The van der Waals surface area contributed by atoms with Gasteiger partial charge in [-0.1, -0.05) is 5.92 Å². The minimum atomic E-state index is -4.58. The van der Waals surface area contributed by atoms with E-state index in [9.17, 15) is 26.3 Å². The normalized spacial score (nSPS) is 18.3. The fraction of sp³-hybridized carbons (Fsp3) is 0.667. The monoisotopic (exact) mass is 381 g/mol. The van der Waals surface area contributed by atoms with E-state index in [2.05, 4.69) is 26.8 Å². The Labute approximate surface area is 146 Å². The van der Waals surface area contributed by atoms with Gasteiger partial charge >= 0.3 is 12.4 Å². The molecule has 1 fully saturated rings. The van der Waals surface area contributed by atoms with Gasteiger partial charge in [-0.05, 0) is 39.5 Å². The zero-order valence-corrected chi connectivity index (χ0v) is 14.2. The lowest BCUT2D eigenvalue weighted by Crippen LogP contribution is -2.35. The minimum absolute atomic E-state index is 0.207. The Morgan fingerprint density at radius 2 is 1.31 bits per heavy atom. The van der Waals surface area contributed by atoms with E-state index in [0.717, 1.165) is 26.7 Å². The largest absolute Gasteiger partial charge is 0.408 e. The lowest BCUT2D eigenvalue weighted by Gasteiger charge is -2.19. The zero-order chi connectivity index (χ0) is 19.8. The highest BCUT2D eigenvalue weighted by atomic mass is 19.4. The van der Waals surface area contributed by atoms with E-state index in [4.69, 9.17) is 0 Å². The first-order valence-electron chi connectivity index (χ1n) is 7.74. The van der Waals surface area contributed by atoms with Crippen molar-refractivity contribution in [2.75, 3.05) is 10.6 Å². The molecule has 0 spiro atoms. The molecule has 1 heterocycles. The van der Waals surface area contributed by atoms with Gasteiger partial charge in [-0.25, -0.2) is 0 Å². The fourth-order valence-electron chi connectivity index (χ4n) is 1.63. The second-order valence-electron chi connectivity index (χ2n) is 6.43. The SMILES string of the molecule is C[C@@H](Nc1nc(C#CC2(C)CC2)nc(N[C@H](C)C(F)(F)F)n1)C(F)(F)F. The topological polar surface area (TPSA) is 62.7 Å². The summed E-state index contributed by atoms with van der Waals surface area (Å²) in [4.78, 5) is 11.1. The van der Waals surface area contributed by atoms with Gasteiger partial charge in [0.2, 0.25) is 17.7 Å². The molecule has 0 amide bonds. The lowest BCUT2D eigenvalue weighted by molar-refractivity contribution is -0.139. The molecule has 0 unspecified atom stereocenters. The molecule has 0 aliphatic heterocycles. The second kappa shape index (κ2) is 6.81. The van der Waals surface area contributed by atoms with Crippen LogP contribution in [-0.4, -0.2) is 39.4 Å². The molecule has 1 aromatic rings. The Bertz CT molecular complexity index is 674. The van der Waals surface area contributed by atoms with E-state index < -0.39 is 36.3 Å². The van der Waals surface area contributed by atoms with E-state index in [1.54, 1.807) is 0 Å². The van der Waals surface area contributed by atoms with Crippen LogP contribution in [0.2, 0.25) is 0 Å². The summed E-state index contributed by atoms with van der Waals surface area (Å²) in [6.07, 6.45) is -7.44. The summed E-state index contributed by atoms with van der Waals surface area (Å²) in [6, 6.07) is -4.00. The summed E-state index contributed by atoms with van der Waals surface area (Å²) in [5.41, 5.74) is -0.216. The van der Waals surface area contributed by atoms with Crippen LogP contribution in [0.5, 0.6) is 0 Å². The molecule has 144 valence electrons. The van der Waals surface area contributed by atoms with Crippen LogP contribution in [0, 0.1) is 17.3 Å². The number of aromatic nitrogens is 3. The third-order valence-electron chi connectivity index (χ3n) is 3.78. The van der Waals surface area contributed by atoms with E-state index in [0.29, 0.717) is 0 Å². The second-order valence-corrected chi connectivity index (χ2v) is 6.43. The van der Waals surface area contributed by atoms with Gasteiger partial charge in [0.15, 0.2) is 0 Å². The maximum Gasteiger partial charge on any atom is 0.408 e. The van der Waals surface area contributed by atoms with Crippen LogP contribution < -0.4 is 10.6 Å². The van der Waals surface area contributed by atoms with Crippen molar-refractivity contribution < 1.29 is 26.3 Å². The number of hydrogen-bond donors (Lipinski definition) is 2. The average molecular weight is 381 g/mol. The molecular weight excluding hydrogens is 364 g/mol. The Morgan fingerprint density at radius 1 is 0.885 bits per heavy atom. The highest BCUT2D eigenvalue weighted by Crippen LogP contribution is 2.44. The lowest BCUT2D eigenvalue weighted by atomic mass is 10.1. The highest BCUT2D eigenvalue weighted by Gasteiger charge is 2.38. The molecule has 0 bridgehead atoms. The first-order valence-corrected chi connectivity index (χ1v) is 7.74. The van der Waals surface area contributed by atoms with Gasteiger partial charge in [-0.15, -0.1) is 0 Å². The molecule has 1 aliphatic rings. The maximum atomic E-state index is 12.7. The van der Waals surface area contributed by atoms with Gasteiger partial charge in [0.1, 0.15) is 12.1 Å². The molecule has 1 aromatic heterocycles. The predicted octanol–water partition coefficient (Wildman–Crippen LogP) is 3.75. The summed E-state index contributed by atoms with van der Waals surface area (Å²) in [5.74, 6) is 4.24. The van der Waals surface area contributed by atoms with Crippen molar-refractivity contribution in [1.82, 2.24) is 15.0 Å². The summed E-state index contributed by atoms with van der Waals surface area (Å²) in [7, 11) is 0. The van der Waals surface area contributed by atoms with E-state index in [1.165, 1.54) is 0 Å². The Morgan fingerprint density at radius 3 is 1.65 bits per heavy atom. The van der Waals surface area contributed by atoms with E-state index >= 15 is 0 Å². The first-order chi connectivity index (χ1) is 11.8. The quantitative estimate of drug-likeness (QED) is 0.615. The number of halogens is 6. The molecular formula is C15H17F6N5. The molecule has 2 N–H and O–H groups in total. The van der Waals surface area contributed by atoms with Gasteiger partial charge in [-0.2, -0.15) is 41.3 Å². The van der Waals surface area contributed by atoms with Crippen molar-refractivity contribution in [2.45, 2.75) is 58.0 Å². The molecule has 1 saturated carbocycles. The predicted molar refractivity (Wildman–Crippen MR) is 82.3 cm³/mol. The Hall–Kier alpha value is -2.25. The van der Waals surface area contributed by atoms with Crippen molar-refractivity contribution in [3.63, 3.8) is 0 Å². The number of rotatable bonds is 4. The number of nitrogens with zero attached hydrogens (tertiary/aromatic N) is 3. The average Bonchev–Trinajstić information content (AvgIpc) is 3.21. The van der Waals surface area contributed by atoms with Crippen LogP contribution in [0.15, 0.2) is 0 Å². The molecule has 0 aromatic carbocycles. The van der Waals surface area contributed by atoms with E-state index in [-0.39, 0.29) is 11.2 Å². The molecule has 0 radical (unpaired) electrons. The molecule has 26 heavy (non-hydrogen) atoms. The summed E-state index contributed by atoms with van der Waals surface area (Å²) in [6.45, 7) is 3.56. The van der Waals surface area contributed by atoms with Gasteiger partial charge in [0.25, 0.3) is 0 Å². The molecule has 5 nitrogen and oxygen atoms in total. The van der Waals surface area contributed by atoms with Gasteiger partial charge < -0.3 is 10.6 Å². The molecule has 2 atom stereocenters. The minimum Gasteiger partial charge on any atom is -0.343 e. The van der Waals surface area contributed by atoms with Crippen LogP contribution in [0.25, 0.3) is 0 Å². The number of hydrogen-bond acceptors (Lipinski definition) is 5. The van der Waals surface area contributed by atoms with Crippen molar-refractivity contribution in [3.8, 4) is 11.8 Å². The smallest absolute Gasteiger partial charge is 0.343 e. The summed E-state index contributed by atoms with van der Waals surface area (Å²) < 4.78 is 76.1. The number of nitrogens with one attached hydrogen (secondary N) is 2. The van der Waals surface area contributed by atoms with Crippen LogP contribution in [0.3, 0.4) is 0 Å². The van der Waals surface area contributed by atoms with Crippen LogP contribution in [0.4, 0.5) is 38.2 Å². The fourth-order valence-corrected chi connectivity index (χ4v) is 1.63. The Balaban J connectivity index is 2.30. The van der Waals surface area contributed by atoms with Crippen molar-refractivity contribution in [3.05, 3.63) is 5.82 Å². The summed E-state index contributed by atoms with van der Waals surface area (Å²) >= 11 is 0. The summed E-state index contributed by atoms with van der Waals surface area (Å²) in [5, 5.41) is 4.02. The van der Waals surface area contributed by atoms with Crippen molar-refractivity contribution >= 4 is 11.9 Å². The molecule has 0 saturated heterocycles. The third-order valence-corrected chi connectivity index (χ3v) is 3.78. The highest BCUT2D eigenvalue weighted by molar-refractivity contribution is 5.40. The van der Waals surface area contributed by atoms with Gasteiger partial charge in [0.05, 0.1) is 0 Å². The molecule has 1 aliphatic carbocycles. The van der Waals surface area contributed by atoms with Crippen LogP contribution in [-0.2, 0) is 0 Å². The number of anilines is 2.